The van der Waals surface area contributed by atoms with Gasteiger partial charge >= 0.3 is 0 Å². The Morgan fingerprint density at radius 3 is 2.78 bits per heavy atom. The van der Waals surface area contributed by atoms with Gasteiger partial charge in [-0.05, 0) is 36.3 Å². The first-order chi connectivity index (χ1) is 11.1. The number of hydrogen-bond donors (Lipinski definition) is 0. The van der Waals surface area contributed by atoms with Crippen molar-refractivity contribution in [1.29, 1.82) is 0 Å². The predicted octanol–water partition coefficient (Wildman–Crippen LogP) is 3.06. The number of carbonyl (C=O) groups excluding carboxylic acids is 2. The maximum absolute atomic E-state index is 12.7. The second kappa shape index (κ2) is 5.37. The van der Waals surface area contributed by atoms with E-state index in [4.69, 9.17) is 0 Å². The van der Waals surface area contributed by atoms with Gasteiger partial charge in [0.2, 0.25) is 5.91 Å². The lowest BCUT2D eigenvalue weighted by Gasteiger charge is -2.32. The summed E-state index contributed by atoms with van der Waals surface area (Å²) in [5.74, 6) is 0.535. The van der Waals surface area contributed by atoms with Crippen LogP contribution in [0.3, 0.4) is 0 Å². The molecule has 0 saturated carbocycles. The number of anilines is 1. The third-order valence-corrected chi connectivity index (χ3v) is 4.95. The van der Waals surface area contributed by atoms with E-state index < -0.39 is 0 Å². The lowest BCUT2D eigenvalue weighted by molar-refractivity contribution is -0.131. The van der Waals surface area contributed by atoms with Crippen molar-refractivity contribution in [3.63, 3.8) is 0 Å². The van der Waals surface area contributed by atoms with Crippen LogP contribution in [0.5, 0.6) is 0 Å². The Kier molecular flexibility index (Phi) is 3.33. The number of likely N-dealkylation sites (tertiary alicyclic amines) is 1. The van der Waals surface area contributed by atoms with Gasteiger partial charge in [0, 0.05) is 24.0 Å². The van der Waals surface area contributed by atoms with E-state index in [0.717, 1.165) is 36.0 Å². The summed E-state index contributed by atoms with van der Waals surface area (Å²) in [6.07, 6.45) is 2.23. The third-order valence-electron chi connectivity index (χ3n) is 4.95. The molecular formula is C19H20N2O2. The molecule has 0 spiro atoms. The van der Waals surface area contributed by atoms with Crippen LogP contribution in [0.15, 0.2) is 36.4 Å². The van der Waals surface area contributed by atoms with Crippen LogP contribution in [-0.4, -0.2) is 36.3 Å². The van der Waals surface area contributed by atoms with Crippen LogP contribution in [0.25, 0.3) is 10.8 Å². The van der Waals surface area contributed by atoms with E-state index in [1.165, 1.54) is 6.42 Å². The molecular weight excluding hydrogens is 288 g/mol. The van der Waals surface area contributed by atoms with Crippen molar-refractivity contribution in [2.45, 2.75) is 19.8 Å². The summed E-state index contributed by atoms with van der Waals surface area (Å²) in [4.78, 5) is 28.9. The van der Waals surface area contributed by atoms with Crippen LogP contribution >= 0.6 is 0 Å². The van der Waals surface area contributed by atoms with E-state index >= 15 is 0 Å². The average molecular weight is 308 g/mol. The Balaban J connectivity index is 1.63. The van der Waals surface area contributed by atoms with Crippen molar-refractivity contribution in [3.05, 3.63) is 42.0 Å². The zero-order chi connectivity index (χ0) is 16.0. The highest BCUT2D eigenvalue weighted by Gasteiger charge is 2.32. The number of nitrogens with zero attached hydrogens (tertiary/aromatic N) is 2. The van der Waals surface area contributed by atoms with E-state index in [0.29, 0.717) is 11.5 Å². The number of benzene rings is 2. The minimum atomic E-state index is -0.0600. The van der Waals surface area contributed by atoms with Gasteiger partial charge in [0.05, 0.1) is 5.69 Å². The summed E-state index contributed by atoms with van der Waals surface area (Å²) < 4.78 is 0. The molecule has 2 amide bonds. The molecule has 1 unspecified atom stereocenters. The maximum atomic E-state index is 12.7. The topological polar surface area (TPSA) is 40.6 Å². The Bertz CT molecular complexity index is 794. The summed E-state index contributed by atoms with van der Waals surface area (Å²) in [7, 11) is 0. The molecule has 0 aromatic heterocycles. The average Bonchev–Trinajstić information content (AvgIpc) is 2.83. The van der Waals surface area contributed by atoms with E-state index in [2.05, 4.69) is 6.92 Å². The van der Waals surface area contributed by atoms with Gasteiger partial charge in [0.15, 0.2) is 0 Å². The molecule has 2 aliphatic rings. The summed E-state index contributed by atoms with van der Waals surface area (Å²) >= 11 is 0. The summed E-state index contributed by atoms with van der Waals surface area (Å²) in [6, 6.07) is 11.6. The zero-order valence-corrected chi connectivity index (χ0v) is 13.3. The van der Waals surface area contributed by atoms with E-state index in [1.54, 1.807) is 4.90 Å². The number of carbonyl (C=O) groups is 2. The standard InChI is InChI=1S/C19H20N2O2/c1-13-5-4-10-20(11-13)17(22)12-21-16-9-3-7-14-6-2-8-15(18(14)16)19(21)23/h2-3,6-9,13H,4-5,10-12H2,1H3. The van der Waals surface area contributed by atoms with Gasteiger partial charge in [-0.3, -0.25) is 14.5 Å². The first-order valence-electron chi connectivity index (χ1n) is 8.26. The molecule has 4 nitrogen and oxygen atoms in total. The quantitative estimate of drug-likeness (QED) is 0.855. The van der Waals surface area contributed by atoms with Gasteiger partial charge in [-0.15, -0.1) is 0 Å². The van der Waals surface area contributed by atoms with Crippen molar-refractivity contribution in [3.8, 4) is 0 Å². The molecule has 1 atom stereocenters. The molecule has 2 aromatic carbocycles. The van der Waals surface area contributed by atoms with Crippen molar-refractivity contribution in [1.82, 2.24) is 4.90 Å². The van der Waals surface area contributed by atoms with Gasteiger partial charge in [-0.1, -0.05) is 31.2 Å². The number of rotatable bonds is 2. The van der Waals surface area contributed by atoms with Gasteiger partial charge in [0.25, 0.3) is 5.91 Å². The molecule has 0 radical (unpaired) electrons. The number of amides is 2. The Hall–Kier alpha value is -2.36. The Labute approximate surface area is 135 Å². The molecule has 1 saturated heterocycles. The van der Waals surface area contributed by atoms with Gasteiger partial charge < -0.3 is 4.90 Å². The lowest BCUT2D eigenvalue weighted by Crippen LogP contribution is -2.45. The first kappa shape index (κ1) is 14.2. The predicted molar refractivity (Wildman–Crippen MR) is 90.6 cm³/mol. The molecule has 0 bridgehead atoms. The minimum Gasteiger partial charge on any atom is -0.341 e. The van der Waals surface area contributed by atoms with Crippen LogP contribution in [0.4, 0.5) is 5.69 Å². The van der Waals surface area contributed by atoms with Gasteiger partial charge in [-0.2, -0.15) is 0 Å². The van der Waals surface area contributed by atoms with E-state index in [-0.39, 0.29) is 18.4 Å². The van der Waals surface area contributed by atoms with Crippen LogP contribution in [0, 0.1) is 5.92 Å². The van der Waals surface area contributed by atoms with Crippen molar-refractivity contribution in [2.24, 2.45) is 5.92 Å². The largest absolute Gasteiger partial charge is 0.341 e. The molecule has 2 aromatic rings. The number of hydrogen-bond acceptors (Lipinski definition) is 2. The highest BCUT2D eigenvalue weighted by atomic mass is 16.2. The van der Waals surface area contributed by atoms with Crippen LogP contribution in [-0.2, 0) is 4.79 Å². The van der Waals surface area contributed by atoms with Crippen LogP contribution in [0.1, 0.15) is 30.1 Å². The second-order valence-corrected chi connectivity index (χ2v) is 6.66. The SMILES string of the molecule is CC1CCCN(C(=O)CN2C(=O)c3cccc4cccc2c34)C1. The molecule has 23 heavy (non-hydrogen) atoms. The molecule has 0 aliphatic carbocycles. The van der Waals surface area contributed by atoms with Crippen molar-refractivity contribution in [2.75, 3.05) is 24.5 Å². The van der Waals surface area contributed by atoms with Crippen molar-refractivity contribution >= 4 is 28.3 Å². The highest BCUT2D eigenvalue weighted by Crippen LogP contribution is 2.37. The molecule has 2 aliphatic heterocycles. The summed E-state index contributed by atoms with van der Waals surface area (Å²) in [5.41, 5.74) is 1.57. The van der Waals surface area contributed by atoms with Crippen molar-refractivity contribution < 1.29 is 9.59 Å². The normalized spacial score (nSPS) is 20.4. The summed E-state index contributed by atoms with van der Waals surface area (Å²) in [6.45, 7) is 3.93. The summed E-state index contributed by atoms with van der Waals surface area (Å²) in [5, 5.41) is 2.02. The third kappa shape index (κ3) is 2.29. The Morgan fingerprint density at radius 2 is 2.00 bits per heavy atom. The van der Waals surface area contributed by atoms with E-state index in [9.17, 15) is 9.59 Å². The Morgan fingerprint density at radius 1 is 1.22 bits per heavy atom. The molecule has 118 valence electrons. The lowest BCUT2D eigenvalue weighted by atomic mass is 10.0. The van der Waals surface area contributed by atoms with Gasteiger partial charge in [-0.25, -0.2) is 0 Å². The van der Waals surface area contributed by atoms with E-state index in [1.807, 2.05) is 41.3 Å². The second-order valence-electron chi connectivity index (χ2n) is 6.66. The van der Waals surface area contributed by atoms with Crippen LogP contribution < -0.4 is 4.90 Å². The number of piperidine rings is 1. The fourth-order valence-corrected chi connectivity index (χ4v) is 3.79. The van der Waals surface area contributed by atoms with Gasteiger partial charge in [0.1, 0.15) is 6.54 Å². The monoisotopic (exact) mass is 308 g/mol. The molecule has 4 rings (SSSR count). The molecule has 2 heterocycles. The zero-order valence-electron chi connectivity index (χ0n) is 13.3. The smallest absolute Gasteiger partial charge is 0.259 e. The molecule has 1 fully saturated rings. The highest BCUT2D eigenvalue weighted by molar-refractivity contribution is 6.26. The fraction of sp³-hybridized carbons (Fsp3) is 0.368. The molecule has 4 heteroatoms. The van der Waals surface area contributed by atoms with Crippen LogP contribution in [0.2, 0.25) is 0 Å². The first-order valence-corrected chi connectivity index (χ1v) is 8.26. The fourth-order valence-electron chi connectivity index (χ4n) is 3.79. The maximum Gasteiger partial charge on any atom is 0.259 e. The molecule has 0 N–H and O–H groups in total. The minimum absolute atomic E-state index is 0.0507.